The number of nitrogens with zero attached hydrogens (tertiary/aromatic N) is 2. The first kappa shape index (κ1) is 15.6. The SMILES string of the molecule is CCn1nc(C(C)C)cc1C(=O)N[C@H](C)[C@H]1C[C@H]2CC[C@H]1C2. The molecule has 2 saturated carbocycles. The fraction of sp³-hybridized carbons (Fsp3) is 0.778. The number of aromatic nitrogens is 2. The zero-order chi connectivity index (χ0) is 15.9. The van der Waals surface area contributed by atoms with Crippen LogP contribution in [0.25, 0.3) is 0 Å². The summed E-state index contributed by atoms with van der Waals surface area (Å²) in [6.45, 7) is 9.17. The van der Waals surface area contributed by atoms with Crippen molar-refractivity contribution in [2.75, 3.05) is 0 Å². The second-order valence-corrected chi connectivity index (χ2v) is 7.53. The number of nitrogens with one attached hydrogen (secondary N) is 1. The fourth-order valence-electron chi connectivity index (χ4n) is 4.44. The number of amides is 1. The minimum atomic E-state index is 0.0384. The topological polar surface area (TPSA) is 46.9 Å². The van der Waals surface area contributed by atoms with Gasteiger partial charge in [0.25, 0.3) is 5.91 Å². The summed E-state index contributed by atoms with van der Waals surface area (Å²) >= 11 is 0. The Morgan fingerprint density at radius 1 is 1.36 bits per heavy atom. The lowest BCUT2D eigenvalue weighted by molar-refractivity contribution is 0.0904. The number of carbonyl (C=O) groups excluding carboxylic acids is 1. The number of hydrogen-bond donors (Lipinski definition) is 1. The predicted molar refractivity (Wildman–Crippen MR) is 87.9 cm³/mol. The molecule has 1 amide bonds. The molecule has 0 spiro atoms. The zero-order valence-corrected chi connectivity index (χ0v) is 14.3. The van der Waals surface area contributed by atoms with Crippen LogP contribution >= 0.6 is 0 Å². The van der Waals surface area contributed by atoms with Crippen molar-refractivity contribution in [3.8, 4) is 0 Å². The molecule has 4 nitrogen and oxygen atoms in total. The second kappa shape index (κ2) is 6.05. The number of aryl methyl sites for hydroxylation is 1. The van der Waals surface area contributed by atoms with Crippen molar-refractivity contribution in [3.05, 3.63) is 17.5 Å². The average molecular weight is 303 g/mol. The minimum absolute atomic E-state index is 0.0384. The maximum absolute atomic E-state index is 12.7. The van der Waals surface area contributed by atoms with E-state index in [9.17, 15) is 4.79 Å². The molecule has 122 valence electrons. The normalized spacial score (nSPS) is 28.3. The Labute approximate surface area is 133 Å². The third kappa shape index (κ3) is 2.80. The summed E-state index contributed by atoms with van der Waals surface area (Å²) < 4.78 is 1.83. The number of rotatable bonds is 5. The number of fused-ring (bicyclic) bond motifs is 2. The third-order valence-electron chi connectivity index (χ3n) is 5.72. The van der Waals surface area contributed by atoms with Crippen LogP contribution in [0.3, 0.4) is 0 Å². The lowest BCUT2D eigenvalue weighted by atomic mass is 9.84. The molecule has 22 heavy (non-hydrogen) atoms. The van der Waals surface area contributed by atoms with Gasteiger partial charge in [0.1, 0.15) is 5.69 Å². The van der Waals surface area contributed by atoms with E-state index in [-0.39, 0.29) is 11.9 Å². The van der Waals surface area contributed by atoms with Crippen molar-refractivity contribution in [2.45, 2.75) is 71.9 Å². The van der Waals surface area contributed by atoms with E-state index in [0.717, 1.165) is 24.1 Å². The number of hydrogen-bond acceptors (Lipinski definition) is 2. The largest absolute Gasteiger partial charge is 0.348 e. The first-order valence-electron chi connectivity index (χ1n) is 8.88. The molecule has 0 saturated heterocycles. The molecule has 0 aliphatic heterocycles. The lowest BCUT2D eigenvalue weighted by Gasteiger charge is -2.28. The van der Waals surface area contributed by atoms with Crippen LogP contribution in [0, 0.1) is 17.8 Å². The van der Waals surface area contributed by atoms with Crippen molar-refractivity contribution in [1.82, 2.24) is 15.1 Å². The van der Waals surface area contributed by atoms with Gasteiger partial charge in [-0.25, -0.2) is 0 Å². The second-order valence-electron chi connectivity index (χ2n) is 7.53. The monoisotopic (exact) mass is 303 g/mol. The molecule has 2 aliphatic carbocycles. The molecule has 0 aromatic carbocycles. The lowest BCUT2D eigenvalue weighted by Crippen LogP contribution is -2.40. The molecule has 2 fully saturated rings. The first-order chi connectivity index (χ1) is 10.5. The zero-order valence-electron chi connectivity index (χ0n) is 14.3. The van der Waals surface area contributed by atoms with Crippen LogP contribution in [0.4, 0.5) is 0 Å². The molecule has 2 aliphatic rings. The smallest absolute Gasteiger partial charge is 0.269 e. The van der Waals surface area contributed by atoms with Crippen LogP contribution in [-0.2, 0) is 6.54 Å². The molecule has 1 aromatic rings. The van der Waals surface area contributed by atoms with Crippen molar-refractivity contribution in [3.63, 3.8) is 0 Å². The maximum Gasteiger partial charge on any atom is 0.269 e. The molecular formula is C18H29N3O. The van der Waals surface area contributed by atoms with E-state index in [2.05, 4.69) is 31.2 Å². The van der Waals surface area contributed by atoms with Crippen LogP contribution in [-0.4, -0.2) is 21.7 Å². The molecular weight excluding hydrogens is 274 g/mol. The Kier molecular flexibility index (Phi) is 4.28. The van der Waals surface area contributed by atoms with E-state index < -0.39 is 0 Å². The summed E-state index contributed by atoms with van der Waals surface area (Å²) in [5, 5.41) is 7.80. The molecule has 4 heteroatoms. The Balaban J connectivity index is 1.69. The van der Waals surface area contributed by atoms with E-state index in [1.165, 1.54) is 25.7 Å². The van der Waals surface area contributed by atoms with Gasteiger partial charge in [-0.05, 0) is 62.8 Å². The van der Waals surface area contributed by atoms with Crippen LogP contribution in [0.5, 0.6) is 0 Å². The van der Waals surface area contributed by atoms with Gasteiger partial charge in [-0.3, -0.25) is 9.48 Å². The van der Waals surface area contributed by atoms with Crippen LogP contribution in [0.1, 0.15) is 75.5 Å². The number of carbonyl (C=O) groups is 1. The quantitative estimate of drug-likeness (QED) is 0.903. The van der Waals surface area contributed by atoms with Gasteiger partial charge in [-0.15, -0.1) is 0 Å². The van der Waals surface area contributed by atoms with E-state index in [0.29, 0.717) is 17.5 Å². The standard InChI is InChI=1S/C18H29N3O/c1-5-21-17(10-16(20-21)11(2)3)18(22)19-12(4)15-9-13-6-7-14(15)8-13/h10-15H,5-9H2,1-4H3,(H,19,22)/t12-,13+,14+,15-/m1/s1. The van der Waals surface area contributed by atoms with Gasteiger partial charge in [0.15, 0.2) is 0 Å². The fourth-order valence-corrected chi connectivity index (χ4v) is 4.44. The van der Waals surface area contributed by atoms with Crippen molar-refractivity contribution in [1.29, 1.82) is 0 Å². The summed E-state index contributed by atoms with van der Waals surface area (Å²) in [5.41, 5.74) is 1.71. The van der Waals surface area contributed by atoms with E-state index in [1.807, 2.05) is 17.7 Å². The predicted octanol–water partition coefficient (Wildman–Crippen LogP) is 3.58. The van der Waals surface area contributed by atoms with Gasteiger partial charge < -0.3 is 5.32 Å². The average Bonchev–Trinajstić information content (AvgIpc) is 3.20. The van der Waals surface area contributed by atoms with Gasteiger partial charge in [-0.2, -0.15) is 5.10 Å². The van der Waals surface area contributed by atoms with Gasteiger partial charge in [0.05, 0.1) is 5.69 Å². The van der Waals surface area contributed by atoms with Crippen molar-refractivity contribution >= 4 is 5.91 Å². The third-order valence-corrected chi connectivity index (χ3v) is 5.72. The molecule has 0 unspecified atom stereocenters. The highest BCUT2D eigenvalue weighted by Gasteiger charge is 2.42. The van der Waals surface area contributed by atoms with Crippen molar-refractivity contribution < 1.29 is 4.79 Å². The highest BCUT2D eigenvalue weighted by molar-refractivity contribution is 5.92. The summed E-state index contributed by atoms with van der Waals surface area (Å²) in [6.07, 6.45) is 5.45. The molecule has 1 N–H and O–H groups in total. The van der Waals surface area contributed by atoms with Crippen molar-refractivity contribution in [2.24, 2.45) is 17.8 Å². The summed E-state index contributed by atoms with van der Waals surface area (Å²) in [7, 11) is 0. The molecule has 3 rings (SSSR count). The minimum Gasteiger partial charge on any atom is -0.348 e. The summed E-state index contributed by atoms with van der Waals surface area (Å²) in [4.78, 5) is 12.7. The molecule has 0 radical (unpaired) electrons. The highest BCUT2D eigenvalue weighted by atomic mass is 16.2. The Hall–Kier alpha value is -1.32. The highest BCUT2D eigenvalue weighted by Crippen LogP contribution is 2.49. The molecule has 1 aromatic heterocycles. The van der Waals surface area contributed by atoms with Gasteiger partial charge in [-0.1, -0.05) is 20.3 Å². The van der Waals surface area contributed by atoms with Crippen LogP contribution in [0.2, 0.25) is 0 Å². The summed E-state index contributed by atoms with van der Waals surface area (Å²) in [6, 6.07) is 2.22. The summed E-state index contributed by atoms with van der Waals surface area (Å²) in [5.74, 6) is 2.81. The van der Waals surface area contributed by atoms with Gasteiger partial charge in [0.2, 0.25) is 0 Å². The van der Waals surface area contributed by atoms with Crippen LogP contribution < -0.4 is 5.32 Å². The Bertz CT molecular complexity index is 549. The first-order valence-corrected chi connectivity index (χ1v) is 8.88. The molecule has 4 atom stereocenters. The van der Waals surface area contributed by atoms with Crippen LogP contribution in [0.15, 0.2) is 6.07 Å². The maximum atomic E-state index is 12.7. The molecule has 2 bridgehead atoms. The van der Waals surface area contributed by atoms with E-state index in [4.69, 9.17) is 0 Å². The Morgan fingerprint density at radius 2 is 2.14 bits per heavy atom. The molecule has 1 heterocycles. The van der Waals surface area contributed by atoms with E-state index in [1.54, 1.807) is 0 Å². The van der Waals surface area contributed by atoms with Gasteiger partial charge >= 0.3 is 0 Å². The van der Waals surface area contributed by atoms with Gasteiger partial charge in [0, 0.05) is 12.6 Å². The van der Waals surface area contributed by atoms with E-state index >= 15 is 0 Å². The Morgan fingerprint density at radius 3 is 2.68 bits per heavy atom.